The molecule has 0 saturated heterocycles. The number of carboxylic acid groups (broad SMARTS) is 1. The lowest BCUT2D eigenvalue weighted by Crippen LogP contribution is -2.46. The maximum atomic E-state index is 11.0. The molecule has 2 rings (SSSR count). The number of aliphatic carboxylic acids is 1. The van der Waals surface area contributed by atoms with Gasteiger partial charge < -0.3 is 10.8 Å². The van der Waals surface area contributed by atoms with E-state index in [1.807, 2.05) is 24.3 Å². The van der Waals surface area contributed by atoms with Crippen molar-refractivity contribution in [3.05, 3.63) is 42.2 Å². The van der Waals surface area contributed by atoms with Crippen LogP contribution >= 0.6 is 0 Å². The van der Waals surface area contributed by atoms with Crippen LogP contribution in [0.25, 0.3) is 10.8 Å². The van der Waals surface area contributed by atoms with E-state index in [1.165, 1.54) is 6.92 Å². The predicted molar refractivity (Wildman–Crippen MR) is 65.7 cm³/mol. The monoisotopic (exact) mass is 230 g/mol. The van der Waals surface area contributed by atoms with Gasteiger partial charge in [-0.15, -0.1) is 0 Å². The average molecular weight is 230 g/mol. The summed E-state index contributed by atoms with van der Waals surface area (Å²) in [6.07, 6.45) is 3.69. The van der Waals surface area contributed by atoms with Crippen LogP contribution in [0.5, 0.6) is 0 Å². The van der Waals surface area contributed by atoms with E-state index in [0.29, 0.717) is 0 Å². The molecule has 4 nitrogen and oxygen atoms in total. The maximum absolute atomic E-state index is 11.0. The molecule has 1 heterocycles. The third-order valence-electron chi connectivity index (χ3n) is 2.80. The van der Waals surface area contributed by atoms with Crippen molar-refractivity contribution >= 4 is 16.7 Å². The lowest BCUT2D eigenvalue weighted by atomic mass is 9.92. The number of fused-ring (bicyclic) bond motifs is 1. The molecule has 0 bridgehead atoms. The standard InChI is InChI=1S/C13H14N2O2/c1-13(14,12(16)17)6-10-8-15-7-9-4-2-3-5-11(9)10/h2-5,7-8H,6,14H2,1H3,(H,16,17)/t13-/m1/s1. The highest BCUT2D eigenvalue weighted by Gasteiger charge is 2.28. The van der Waals surface area contributed by atoms with Crippen molar-refractivity contribution < 1.29 is 9.90 Å². The number of carbonyl (C=O) groups is 1. The van der Waals surface area contributed by atoms with Crippen molar-refractivity contribution in [3.63, 3.8) is 0 Å². The molecule has 1 atom stereocenters. The highest BCUT2D eigenvalue weighted by atomic mass is 16.4. The van der Waals surface area contributed by atoms with Gasteiger partial charge in [-0.25, -0.2) is 0 Å². The van der Waals surface area contributed by atoms with E-state index in [4.69, 9.17) is 10.8 Å². The van der Waals surface area contributed by atoms with Crippen LogP contribution in [0.4, 0.5) is 0 Å². The smallest absolute Gasteiger partial charge is 0.323 e. The first-order valence-electron chi connectivity index (χ1n) is 5.34. The van der Waals surface area contributed by atoms with E-state index in [9.17, 15) is 4.79 Å². The van der Waals surface area contributed by atoms with Crippen LogP contribution in [0.1, 0.15) is 12.5 Å². The van der Waals surface area contributed by atoms with Gasteiger partial charge in [0.2, 0.25) is 0 Å². The Morgan fingerprint density at radius 1 is 1.41 bits per heavy atom. The summed E-state index contributed by atoms with van der Waals surface area (Å²) in [6.45, 7) is 1.51. The highest BCUT2D eigenvalue weighted by molar-refractivity contribution is 5.86. The molecule has 0 saturated carbocycles. The van der Waals surface area contributed by atoms with Crippen LogP contribution in [0, 0.1) is 0 Å². The molecule has 0 amide bonds. The summed E-state index contributed by atoms with van der Waals surface area (Å²) in [4.78, 5) is 15.1. The first kappa shape index (κ1) is 11.5. The Morgan fingerprint density at radius 3 is 2.82 bits per heavy atom. The molecule has 88 valence electrons. The summed E-state index contributed by atoms with van der Waals surface area (Å²) in [5.74, 6) is -1.01. The van der Waals surface area contributed by atoms with E-state index >= 15 is 0 Å². The zero-order valence-electron chi connectivity index (χ0n) is 9.55. The SMILES string of the molecule is C[C@@](N)(Cc1cncc2ccccc12)C(=O)O. The van der Waals surface area contributed by atoms with E-state index in [1.54, 1.807) is 12.4 Å². The fourth-order valence-corrected chi connectivity index (χ4v) is 1.79. The maximum Gasteiger partial charge on any atom is 0.323 e. The summed E-state index contributed by atoms with van der Waals surface area (Å²) >= 11 is 0. The first-order chi connectivity index (χ1) is 8.00. The lowest BCUT2D eigenvalue weighted by Gasteiger charge is -2.19. The molecule has 0 unspecified atom stereocenters. The van der Waals surface area contributed by atoms with Crippen LogP contribution in [0.2, 0.25) is 0 Å². The van der Waals surface area contributed by atoms with Crippen molar-refractivity contribution in [3.8, 4) is 0 Å². The van der Waals surface area contributed by atoms with Gasteiger partial charge in [-0.3, -0.25) is 9.78 Å². The molecule has 0 aliphatic carbocycles. The Balaban J connectivity index is 2.46. The van der Waals surface area contributed by atoms with E-state index in [-0.39, 0.29) is 6.42 Å². The number of aromatic nitrogens is 1. The van der Waals surface area contributed by atoms with Crippen molar-refractivity contribution in [2.45, 2.75) is 18.9 Å². The predicted octanol–water partition coefficient (Wildman–Crippen LogP) is 1.58. The molecular formula is C13H14N2O2. The van der Waals surface area contributed by atoms with Gasteiger partial charge in [0.25, 0.3) is 0 Å². The Kier molecular flexibility index (Phi) is 2.81. The average Bonchev–Trinajstić information content (AvgIpc) is 2.29. The topological polar surface area (TPSA) is 76.2 Å². The molecule has 0 aliphatic rings. The van der Waals surface area contributed by atoms with Gasteiger partial charge in [0, 0.05) is 24.2 Å². The molecule has 1 aromatic heterocycles. The number of hydrogen-bond donors (Lipinski definition) is 2. The van der Waals surface area contributed by atoms with E-state index in [2.05, 4.69) is 4.98 Å². The highest BCUT2D eigenvalue weighted by Crippen LogP contribution is 2.20. The first-order valence-corrected chi connectivity index (χ1v) is 5.34. The van der Waals surface area contributed by atoms with Crippen molar-refractivity contribution in [2.75, 3.05) is 0 Å². The minimum absolute atomic E-state index is 0.261. The van der Waals surface area contributed by atoms with Crippen LogP contribution in [-0.4, -0.2) is 21.6 Å². The third kappa shape index (κ3) is 2.26. The number of rotatable bonds is 3. The Bertz CT molecular complexity index is 559. The van der Waals surface area contributed by atoms with Gasteiger partial charge in [-0.1, -0.05) is 24.3 Å². The third-order valence-corrected chi connectivity index (χ3v) is 2.80. The molecule has 17 heavy (non-hydrogen) atoms. The normalized spacial score (nSPS) is 14.5. The molecule has 0 fully saturated rings. The Hall–Kier alpha value is -1.94. The van der Waals surface area contributed by atoms with E-state index in [0.717, 1.165) is 16.3 Å². The second kappa shape index (κ2) is 4.14. The van der Waals surface area contributed by atoms with Gasteiger partial charge in [0.15, 0.2) is 0 Å². The zero-order chi connectivity index (χ0) is 12.5. The molecule has 4 heteroatoms. The van der Waals surface area contributed by atoms with Gasteiger partial charge in [0.1, 0.15) is 5.54 Å². The molecular weight excluding hydrogens is 216 g/mol. The van der Waals surface area contributed by atoms with Crippen LogP contribution in [0.3, 0.4) is 0 Å². The minimum atomic E-state index is -1.27. The zero-order valence-corrected chi connectivity index (χ0v) is 9.55. The van der Waals surface area contributed by atoms with Crippen LogP contribution < -0.4 is 5.73 Å². The van der Waals surface area contributed by atoms with Crippen molar-refractivity contribution in [2.24, 2.45) is 5.73 Å². The van der Waals surface area contributed by atoms with Gasteiger partial charge >= 0.3 is 5.97 Å². The number of nitrogens with two attached hydrogens (primary N) is 1. The van der Waals surface area contributed by atoms with Gasteiger partial charge in [-0.2, -0.15) is 0 Å². The van der Waals surface area contributed by atoms with E-state index < -0.39 is 11.5 Å². The number of carboxylic acids is 1. The molecule has 3 N–H and O–H groups in total. The Labute approximate surface area is 99.1 Å². The number of benzene rings is 1. The molecule has 2 aromatic rings. The minimum Gasteiger partial charge on any atom is -0.480 e. The largest absolute Gasteiger partial charge is 0.480 e. The summed E-state index contributed by atoms with van der Waals surface area (Å²) in [6, 6.07) is 7.73. The fourth-order valence-electron chi connectivity index (χ4n) is 1.79. The Morgan fingerprint density at radius 2 is 2.12 bits per heavy atom. The molecule has 0 spiro atoms. The number of nitrogens with zero attached hydrogens (tertiary/aromatic N) is 1. The summed E-state index contributed by atoms with van der Waals surface area (Å²) in [7, 11) is 0. The van der Waals surface area contributed by atoms with Crippen molar-refractivity contribution in [1.82, 2.24) is 4.98 Å². The second-order valence-electron chi connectivity index (χ2n) is 4.42. The number of pyridine rings is 1. The van der Waals surface area contributed by atoms with Gasteiger partial charge in [0.05, 0.1) is 0 Å². The molecule has 0 aliphatic heterocycles. The van der Waals surface area contributed by atoms with Gasteiger partial charge in [-0.05, 0) is 17.9 Å². The molecule has 1 aromatic carbocycles. The fraction of sp³-hybridized carbons (Fsp3) is 0.231. The number of hydrogen-bond acceptors (Lipinski definition) is 3. The summed E-state index contributed by atoms with van der Waals surface area (Å²) in [5, 5.41) is 11.0. The van der Waals surface area contributed by atoms with Crippen LogP contribution in [-0.2, 0) is 11.2 Å². The quantitative estimate of drug-likeness (QED) is 0.839. The molecule has 0 radical (unpaired) electrons. The summed E-state index contributed by atoms with van der Waals surface area (Å²) in [5.41, 5.74) is 5.34. The summed E-state index contributed by atoms with van der Waals surface area (Å²) < 4.78 is 0. The van der Waals surface area contributed by atoms with Crippen molar-refractivity contribution in [1.29, 1.82) is 0 Å². The lowest BCUT2D eigenvalue weighted by molar-refractivity contribution is -0.142. The van der Waals surface area contributed by atoms with Crippen LogP contribution in [0.15, 0.2) is 36.7 Å². The second-order valence-corrected chi connectivity index (χ2v) is 4.42.